The summed E-state index contributed by atoms with van der Waals surface area (Å²) in [6.45, 7) is 2.38. The number of carboxylic acid groups (broad SMARTS) is 1. The fraction of sp³-hybridized carbons (Fsp3) is 0.167. The van der Waals surface area contributed by atoms with Crippen LogP contribution in [0.15, 0.2) is 33.3 Å². The molecule has 0 saturated heterocycles. The van der Waals surface area contributed by atoms with Gasteiger partial charge in [0.2, 0.25) is 0 Å². The quantitative estimate of drug-likeness (QED) is 0.907. The first kappa shape index (κ1) is 12.6. The van der Waals surface area contributed by atoms with Gasteiger partial charge < -0.3 is 14.9 Å². The largest absolute Gasteiger partial charge is 0.476 e. The molecule has 2 aromatic rings. The molecular weight excluding hydrogens is 300 g/mol. The number of anilines is 1. The van der Waals surface area contributed by atoms with Crippen LogP contribution >= 0.6 is 15.9 Å². The number of rotatable bonds is 4. The van der Waals surface area contributed by atoms with E-state index in [2.05, 4.69) is 26.4 Å². The van der Waals surface area contributed by atoms with Crippen LogP contribution in [0.4, 0.5) is 5.69 Å². The van der Waals surface area contributed by atoms with Gasteiger partial charge >= 0.3 is 5.97 Å². The number of aryl methyl sites for hydroxylation is 1. The normalized spacial score (nSPS) is 10.3. The van der Waals surface area contributed by atoms with E-state index in [1.54, 1.807) is 0 Å². The highest BCUT2D eigenvalue weighted by Crippen LogP contribution is 2.19. The Morgan fingerprint density at radius 2 is 2.22 bits per heavy atom. The highest BCUT2D eigenvalue weighted by Gasteiger charge is 2.10. The Bertz CT molecular complexity index is 560. The number of carbonyl (C=O) groups is 1. The molecule has 0 fully saturated rings. The first-order valence-electron chi connectivity index (χ1n) is 5.24. The van der Waals surface area contributed by atoms with Gasteiger partial charge in [0.15, 0.2) is 11.5 Å². The number of aromatic nitrogens is 1. The molecule has 0 atom stereocenters. The van der Waals surface area contributed by atoms with Crippen LogP contribution in [0.5, 0.6) is 0 Å². The van der Waals surface area contributed by atoms with Crippen LogP contribution in [0, 0.1) is 6.92 Å². The maximum atomic E-state index is 10.6. The summed E-state index contributed by atoms with van der Waals surface area (Å²) >= 11 is 3.41. The standard InChI is InChI=1S/C12H11BrN2O3/c1-7-2-8(13)4-9(3-7)14-6-10-5-11(12(16)17)15-18-10/h2-5,14H,6H2,1H3,(H,16,17). The molecule has 2 N–H and O–H groups in total. The van der Waals surface area contributed by atoms with Gasteiger partial charge in [0.1, 0.15) is 0 Å². The van der Waals surface area contributed by atoms with E-state index in [1.165, 1.54) is 6.07 Å². The fourth-order valence-corrected chi connectivity index (χ4v) is 2.13. The highest BCUT2D eigenvalue weighted by molar-refractivity contribution is 9.10. The lowest BCUT2D eigenvalue weighted by molar-refractivity contribution is 0.0685. The molecule has 1 aromatic carbocycles. The number of nitrogens with one attached hydrogen (secondary N) is 1. The van der Waals surface area contributed by atoms with Crippen LogP contribution in [0.2, 0.25) is 0 Å². The van der Waals surface area contributed by atoms with Gasteiger partial charge in [-0.2, -0.15) is 0 Å². The lowest BCUT2D eigenvalue weighted by Crippen LogP contribution is -1.99. The molecule has 94 valence electrons. The molecule has 0 bridgehead atoms. The van der Waals surface area contributed by atoms with Gasteiger partial charge in [0.05, 0.1) is 6.54 Å². The first-order valence-corrected chi connectivity index (χ1v) is 6.04. The Morgan fingerprint density at radius 1 is 1.44 bits per heavy atom. The molecule has 5 nitrogen and oxygen atoms in total. The van der Waals surface area contributed by atoms with E-state index in [-0.39, 0.29) is 5.69 Å². The molecule has 0 amide bonds. The maximum absolute atomic E-state index is 10.6. The average Bonchev–Trinajstić information content (AvgIpc) is 2.73. The Morgan fingerprint density at radius 3 is 2.83 bits per heavy atom. The van der Waals surface area contributed by atoms with Crippen LogP contribution in [-0.2, 0) is 6.54 Å². The van der Waals surface area contributed by atoms with Crippen LogP contribution < -0.4 is 5.32 Å². The maximum Gasteiger partial charge on any atom is 0.358 e. The number of aromatic carboxylic acids is 1. The summed E-state index contributed by atoms with van der Waals surface area (Å²) in [4.78, 5) is 10.6. The summed E-state index contributed by atoms with van der Waals surface area (Å²) in [6.07, 6.45) is 0. The molecule has 18 heavy (non-hydrogen) atoms. The molecule has 0 spiro atoms. The van der Waals surface area contributed by atoms with Crippen LogP contribution in [0.25, 0.3) is 0 Å². The van der Waals surface area contributed by atoms with Crippen LogP contribution in [0.1, 0.15) is 21.8 Å². The number of nitrogens with zero attached hydrogens (tertiary/aromatic N) is 1. The van der Waals surface area contributed by atoms with Crippen LogP contribution in [0.3, 0.4) is 0 Å². The van der Waals surface area contributed by atoms with Gasteiger partial charge in [0.25, 0.3) is 0 Å². The summed E-state index contributed by atoms with van der Waals surface area (Å²) in [5, 5.41) is 15.3. The minimum Gasteiger partial charge on any atom is -0.476 e. The molecule has 0 unspecified atom stereocenters. The molecule has 2 rings (SSSR count). The number of halogens is 1. The number of benzene rings is 1. The van der Waals surface area contributed by atoms with E-state index >= 15 is 0 Å². The molecule has 0 radical (unpaired) electrons. The predicted octanol–water partition coefficient (Wildman–Crippen LogP) is 3.06. The summed E-state index contributed by atoms with van der Waals surface area (Å²) in [5.41, 5.74) is 1.96. The molecule has 1 heterocycles. The van der Waals surface area contributed by atoms with Gasteiger partial charge in [-0.25, -0.2) is 4.79 Å². The third-order valence-corrected chi connectivity index (χ3v) is 2.74. The lowest BCUT2D eigenvalue weighted by Gasteiger charge is -2.05. The number of carboxylic acids is 1. The van der Waals surface area contributed by atoms with Gasteiger partial charge in [-0.05, 0) is 30.7 Å². The summed E-state index contributed by atoms with van der Waals surface area (Å²) in [6, 6.07) is 7.32. The molecule has 0 aliphatic carbocycles. The van der Waals surface area contributed by atoms with Crippen LogP contribution in [-0.4, -0.2) is 16.2 Å². The smallest absolute Gasteiger partial charge is 0.358 e. The molecule has 0 saturated carbocycles. The Kier molecular flexibility index (Phi) is 3.66. The molecule has 0 aliphatic rings. The third kappa shape index (κ3) is 3.10. The van der Waals surface area contributed by atoms with E-state index in [0.29, 0.717) is 12.3 Å². The lowest BCUT2D eigenvalue weighted by atomic mass is 10.2. The summed E-state index contributed by atoms with van der Waals surface area (Å²) in [7, 11) is 0. The van der Waals surface area contributed by atoms with Gasteiger partial charge in [-0.1, -0.05) is 21.1 Å². The zero-order valence-corrected chi connectivity index (χ0v) is 11.2. The Labute approximate surface area is 112 Å². The van der Waals surface area contributed by atoms with Crippen molar-refractivity contribution in [1.82, 2.24) is 5.16 Å². The SMILES string of the molecule is Cc1cc(Br)cc(NCc2cc(C(=O)O)no2)c1. The van der Waals surface area contributed by atoms with E-state index in [1.807, 2.05) is 25.1 Å². The van der Waals surface area contributed by atoms with Crippen molar-refractivity contribution in [3.05, 3.63) is 45.8 Å². The predicted molar refractivity (Wildman–Crippen MR) is 69.7 cm³/mol. The Hall–Kier alpha value is -1.82. The van der Waals surface area contributed by atoms with Gasteiger partial charge in [0, 0.05) is 16.2 Å². The van der Waals surface area contributed by atoms with E-state index in [0.717, 1.165) is 15.7 Å². The summed E-state index contributed by atoms with van der Waals surface area (Å²) in [5.74, 6) is -0.617. The topological polar surface area (TPSA) is 75.4 Å². The van der Waals surface area contributed by atoms with E-state index in [9.17, 15) is 4.79 Å². The second kappa shape index (κ2) is 5.22. The van der Waals surface area contributed by atoms with Crippen molar-refractivity contribution < 1.29 is 14.4 Å². The molecular formula is C12H11BrN2O3. The number of hydrogen-bond acceptors (Lipinski definition) is 4. The van der Waals surface area contributed by atoms with Crippen molar-refractivity contribution in [3.8, 4) is 0 Å². The fourth-order valence-electron chi connectivity index (χ4n) is 1.52. The number of hydrogen-bond donors (Lipinski definition) is 2. The zero-order valence-electron chi connectivity index (χ0n) is 9.61. The minimum absolute atomic E-state index is 0.0859. The van der Waals surface area contributed by atoms with Gasteiger partial charge in [-0.15, -0.1) is 0 Å². The average molecular weight is 311 g/mol. The van der Waals surface area contributed by atoms with Gasteiger partial charge in [-0.3, -0.25) is 0 Å². The second-order valence-corrected chi connectivity index (χ2v) is 4.77. The molecule has 0 aliphatic heterocycles. The minimum atomic E-state index is -1.09. The summed E-state index contributed by atoms with van der Waals surface area (Å²) < 4.78 is 5.88. The van der Waals surface area contributed by atoms with E-state index < -0.39 is 5.97 Å². The molecule has 6 heteroatoms. The monoisotopic (exact) mass is 310 g/mol. The zero-order chi connectivity index (χ0) is 13.1. The second-order valence-electron chi connectivity index (χ2n) is 3.85. The first-order chi connectivity index (χ1) is 8.54. The van der Waals surface area contributed by atoms with Crippen molar-refractivity contribution in [3.63, 3.8) is 0 Å². The third-order valence-electron chi connectivity index (χ3n) is 2.29. The van der Waals surface area contributed by atoms with Crippen molar-refractivity contribution in [1.29, 1.82) is 0 Å². The van der Waals surface area contributed by atoms with Crippen molar-refractivity contribution in [2.45, 2.75) is 13.5 Å². The van der Waals surface area contributed by atoms with E-state index in [4.69, 9.17) is 9.63 Å². The van der Waals surface area contributed by atoms with Crippen molar-refractivity contribution >= 4 is 27.6 Å². The Balaban J connectivity index is 2.04. The van der Waals surface area contributed by atoms with Crippen molar-refractivity contribution in [2.75, 3.05) is 5.32 Å². The van der Waals surface area contributed by atoms with Crippen molar-refractivity contribution in [2.24, 2.45) is 0 Å². The highest BCUT2D eigenvalue weighted by atomic mass is 79.9. The molecule has 1 aromatic heterocycles.